The van der Waals surface area contributed by atoms with Crippen molar-refractivity contribution in [1.29, 1.82) is 0 Å². The van der Waals surface area contributed by atoms with Gasteiger partial charge in [0, 0.05) is 17.2 Å². The molecule has 1 aromatic rings. The molecule has 0 aromatic carbocycles. The molecule has 1 rings (SSSR count). The van der Waals surface area contributed by atoms with Crippen molar-refractivity contribution < 1.29 is 0 Å². The van der Waals surface area contributed by atoms with Crippen LogP contribution in [-0.2, 0) is 0 Å². The van der Waals surface area contributed by atoms with Gasteiger partial charge in [-0.3, -0.25) is 0 Å². The maximum Gasteiger partial charge on any atom is 0.0931 e. The quantitative estimate of drug-likeness (QED) is 0.632. The van der Waals surface area contributed by atoms with Crippen molar-refractivity contribution in [3.8, 4) is 11.8 Å². The van der Waals surface area contributed by atoms with Crippen LogP contribution in [0, 0.1) is 11.8 Å². The van der Waals surface area contributed by atoms with E-state index < -0.39 is 0 Å². The number of hydrogen-bond donors (Lipinski definition) is 0. The molecule has 2 heteroatoms. The maximum absolute atomic E-state index is 5.82. The molecule has 12 heavy (non-hydrogen) atoms. The van der Waals surface area contributed by atoms with E-state index in [0.717, 1.165) is 10.8 Å². The zero-order valence-electron chi connectivity index (χ0n) is 7.23. The van der Waals surface area contributed by atoms with Gasteiger partial charge >= 0.3 is 0 Å². The minimum Gasteiger partial charge on any atom is -0.128 e. The zero-order valence-corrected chi connectivity index (χ0v) is 8.80. The fraction of sp³-hybridized carbons (Fsp3) is 0.400. The van der Waals surface area contributed by atoms with Gasteiger partial charge in [0.25, 0.3) is 0 Å². The zero-order chi connectivity index (χ0) is 8.97. The lowest BCUT2D eigenvalue weighted by Crippen LogP contribution is -1.86. The van der Waals surface area contributed by atoms with Gasteiger partial charge in [0.2, 0.25) is 0 Å². The van der Waals surface area contributed by atoms with Gasteiger partial charge in [-0.25, -0.2) is 0 Å². The molecule has 0 saturated heterocycles. The minimum atomic E-state index is 0.509. The number of hydrogen-bond acceptors (Lipinski definition) is 1. The van der Waals surface area contributed by atoms with Crippen molar-refractivity contribution in [2.45, 2.75) is 26.2 Å². The summed E-state index contributed by atoms with van der Waals surface area (Å²) >= 11 is 7.46. The van der Waals surface area contributed by atoms with Crippen LogP contribution in [0.2, 0.25) is 4.34 Å². The lowest BCUT2D eigenvalue weighted by atomic mass is 10.1. The second-order valence-electron chi connectivity index (χ2n) is 2.67. The van der Waals surface area contributed by atoms with Crippen molar-refractivity contribution in [2.24, 2.45) is 0 Å². The summed E-state index contributed by atoms with van der Waals surface area (Å²) in [6.45, 7) is 4.04. The van der Waals surface area contributed by atoms with Crippen LogP contribution in [0.3, 0.4) is 0 Å². The normalized spacial score (nSPS) is 11.9. The highest BCUT2D eigenvalue weighted by Gasteiger charge is 2.05. The van der Waals surface area contributed by atoms with Gasteiger partial charge in [0.05, 0.1) is 4.34 Å². The van der Waals surface area contributed by atoms with E-state index in [1.165, 1.54) is 4.88 Å². The largest absolute Gasteiger partial charge is 0.128 e. The van der Waals surface area contributed by atoms with Gasteiger partial charge in [-0.15, -0.1) is 23.2 Å². The highest BCUT2D eigenvalue weighted by molar-refractivity contribution is 7.16. The number of halogens is 1. The Kier molecular flexibility index (Phi) is 3.65. The molecule has 1 atom stereocenters. The summed E-state index contributed by atoms with van der Waals surface area (Å²) in [5, 5.41) is 0. The maximum atomic E-state index is 5.82. The second-order valence-corrected chi connectivity index (χ2v) is 4.42. The van der Waals surface area contributed by atoms with Crippen LogP contribution in [0.15, 0.2) is 12.1 Å². The van der Waals surface area contributed by atoms with Crippen LogP contribution >= 0.6 is 22.9 Å². The molecule has 0 amide bonds. The molecule has 0 bridgehead atoms. The van der Waals surface area contributed by atoms with Gasteiger partial charge < -0.3 is 0 Å². The SMILES string of the molecule is CC#CCC(C)c1ccc(Cl)s1. The molecule has 0 aliphatic carbocycles. The Bertz CT molecular complexity index is 303. The monoisotopic (exact) mass is 198 g/mol. The Labute approximate surface area is 82.6 Å². The van der Waals surface area contributed by atoms with Gasteiger partial charge in [-0.1, -0.05) is 18.5 Å². The molecule has 1 unspecified atom stereocenters. The lowest BCUT2D eigenvalue weighted by molar-refractivity contribution is 0.814. The van der Waals surface area contributed by atoms with Crippen LogP contribution in [0.4, 0.5) is 0 Å². The summed E-state index contributed by atoms with van der Waals surface area (Å²) < 4.78 is 0.862. The Morgan fingerprint density at radius 3 is 2.83 bits per heavy atom. The first-order valence-corrected chi connectivity index (χ1v) is 5.08. The minimum absolute atomic E-state index is 0.509. The molecule has 0 saturated carbocycles. The molecule has 0 spiro atoms. The molecule has 1 aromatic heterocycles. The standard InChI is InChI=1S/C10H11ClS/c1-3-4-5-8(2)9-6-7-10(11)12-9/h6-8H,5H2,1-2H3. The summed E-state index contributed by atoms with van der Waals surface area (Å²) in [6, 6.07) is 4.02. The first-order valence-electron chi connectivity index (χ1n) is 3.89. The van der Waals surface area contributed by atoms with Crippen molar-refractivity contribution in [3.63, 3.8) is 0 Å². The predicted molar refractivity (Wildman–Crippen MR) is 55.8 cm³/mol. The Morgan fingerprint density at radius 1 is 1.58 bits per heavy atom. The van der Waals surface area contributed by atoms with Crippen LogP contribution in [-0.4, -0.2) is 0 Å². The van der Waals surface area contributed by atoms with E-state index >= 15 is 0 Å². The van der Waals surface area contributed by atoms with Crippen LogP contribution in [0.5, 0.6) is 0 Å². The Balaban J connectivity index is 2.62. The van der Waals surface area contributed by atoms with Gasteiger partial charge in [-0.2, -0.15) is 0 Å². The molecule has 0 N–H and O–H groups in total. The first kappa shape index (κ1) is 9.64. The smallest absolute Gasteiger partial charge is 0.0931 e. The molecule has 0 aliphatic heterocycles. The molecule has 0 nitrogen and oxygen atoms in total. The lowest BCUT2D eigenvalue weighted by Gasteiger charge is -2.02. The van der Waals surface area contributed by atoms with Crippen molar-refractivity contribution >= 4 is 22.9 Å². The van der Waals surface area contributed by atoms with E-state index in [1.54, 1.807) is 11.3 Å². The van der Waals surface area contributed by atoms with Crippen molar-refractivity contribution in [1.82, 2.24) is 0 Å². The van der Waals surface area contributed by atoms with Crippen molar-refractivity contribution in [2.75, 3.05) is 0 Å². The van der Waals surface area contributed by atoms with E-state index in [0.29, 0.717) is 5.92 Å². The van der Waals surface area contributed by atoms with E-state index in [9.17, 15) is 0 Å². The molecular weight excluding hydrogens is 188 g/mol. The molecule has 64 valence electrons. The van der Waals surface area contributed by atoms with E-state index in [2.05, 4.69) is 24.8 Å². The average Bonchev–Trinajstić information content (AvgIpc) is 2.47. The highest BCUT2D eigenvalue weighted by atomic mass is 35.5. The van der Waals surface area contributed by atoms with Gasteiger partial charge in [0.1, 0.15) is 0 Å². The molecular formula is C10H11ClS. The fourth-order valence-corrected chi connectivity index (χ4v) is 2.06. The van der Waals surface area contributed by atoms with E-state index in [4.69, 9.17) is 11.6 Å². The Hall–Kier alpha value is -0.450. The van der Waals surface area contributed by atoms with Crippen LogP contribution in [0.25, 0.3) is 0 Å². The molecule has 0 aliphatic rings. The topological polar surface area (TPSA) is 0 Å². The van der Waals surface area contributed by atoms with E-state index in [-0.39, 0.29) is 0 Å². The summed E-state index contributed by atoms with van der Waals surface area (Å²) in [7, 11) is 0. The Morgan fingerprint density at radius 2 is 2.33 bits per heavy atom. The van der Waals surface area contributed by atoms with Crippen LogP contribution < -0.4 is 0 Å². The van der Waals surface area contributed by atoms with Gasteiger partial charge in [-0.05, 0) is 19.1 Å². The predicted octanol–water partition coefficient (Wildman–Crippen LogP) is 3.92. The summed E-state index contributed by atoms with van der Waals surface area (Å²) in [6.07, 6.45) is 0.924. The molecule has 0 fully saturated rings. The van der Waals surface area contributed by atoms with Crippen LogP contribution in [0.1, 0.15) is 31.1 Å². The third-order valence-electron chi connectivity index (χ3n) is 1.66. The first-order chi connectivity index (χ1) is 5.74. The third-order valence-corrected chi connectivity index (χ3v) is 3.13. The average molecular weight is 199 g/mol. The van der Waals surface area contributed by atoms with Gasteiger partial charge in [0.15, 0.2) is 0 Å². The molecule has 0 radical (unpaired) electrons. The summed E-state index contributed by atoms with van der Waals surface area (Å²) in [5.74, 6) is 6.48. The summed E-state index contributed by atoms with van der Waals surface area (Å²) in [5.41, 5.74) is 0. The number of thiophene rings is 1. The third kappa shape index (κ3) is 2.55. The van der Waals surface area contributed by atoms with E-state index in [1.807, 2.05) is 13.0 Å². The highest BCUT2D eigenvalue weighted by Crippen LogP contribution is 2.29. The fourth-order valence-electron chi connectivity index (χ4n) is 0.949. The molecule has 1 heterocycles. The van der Waals surface area contributed by atoms with Crippen molar-refractivity contribution in [3.05, 3.63) is 21.3 Å². The summed E-state index contributed by atoms with van der Waals surface area (Å²) in [4.78, 5) is 1.32. The number of rotatable bonds is 2. The second kappa shape index (κ2) is 4.54.